The highest BCUT2D eigenvalue weighted by Gasteiger charge is 2.25. The molecule has 1 aromatic carbocycles. The van der Waals surface area contributed by atoms with Crippen molar-refractivity contribution in [2.75, 3.05) is 17.8 Å². The molecule has 22 heavy (non-hydrogen) atoms. The highest BCUT2D eigenvalue weighted by Crippen LogP contribution is 2.42. The van der Waals surface area contributed by atoms with Gasteiger partial charge in [0.25, 0.3) is 5.56 Å². The quantitative estimate of drug-likeness (QED) is 0.492. The van der Waals surface area contributed by atoms with Crippen LogP contribution in [0.2, 0.25) is 0 Å². The number of nitrogens with zero attached hydrogens (tertiary/aromatic N) is 1. The van der Waals surface area contributed by atoms with Crippen molar-refractivity contribution >= 4 is 11.5 Å². The van der Waals surface area contributed by atoms with E-state index >= 15 is 0 Å². The summed E-state index contributed by atoms with van der Waals surface area (Å²) in [5, 5.41) is 0. The molecule has 6 N–H and O–H groups in total. The lowest BCUT2D eigenvalue weighted by Crippen LogP contribution is -2.20. The molecule has 0 aliphatic heterocycles. The lowest BCUT2D eigenvalue weighted by molar-refractivity contribution is 0.341. The monoisotopic (exact) mass is 301 g/mol. The Labute approximate surface area is 127 Å². The summed E-state index contributed by atoms with van der Waals surface area (Å²) in [5.74, 6) is 7.19. The second kappa shape index (κ2) is 5.69. The van der Waals surface area contributed by atoms with E-state index < -0.39 is 5.56 Å². The topological polar surface area (TPSA) is 119 Å². The predicted octanol–water partition coefficient (Wildman–Crippen LogP) is 1.58. The Kier molecular flexibility index (Phi) is 3.72. The van der Waals surface area contributed by atoms with Gasteiger partial charge in [-0.25, -0.2) is 10.8 Å². The number of hydrazine groups is 1. The van der Waals surface area contributed by atoms with Crippen molar-refractivity contribution in [3.8, 4) is 17.1 Å². The molecule has 0 saturated heterocycles. The molecule has 2 aromatic rings. The van der Waals surface area contributed by atoms with Crippen LogP contribution in [0, 0.1) is 0 Å². The van der Waals surface area contributed by atoms with E-state index in [1.165, 1.54) is 18.4 Å². The number of hydrogen-bond acceptors (Lipinski definition) is 6. The summed E-state index contributed by atoms with van der Waals surface area (Å²) in [6, 6.07) is 5.97. The molecule has 7 nitrogen and oxygen atoms in total. The summed E-state index contributed by atoms with van der Waals surface area (Å²) in [6.45, 7) is 2.45. The van der Waals surface area contributed by atoms with Crippen molar-refractivity contribution in [3.05, 3.63) is 34.1 Å². The van der Waals surface area contributed by atoms with Crippen LogP contribution in [-0.4, -0.2) is 16.6 Å². The minimum Gasteiger partial charge on any atom is -0.493 e. The van der Waals surface area contributed by atoms with Gasteiger partial charge in [-0.1, -0.05) is 6.07 Å². The van der Waals surface area contributed by atoms with E-state index in [9.17, 15) is 4.79 Å². The maximum absolute atomic E-state index is 11.9. The number of aromatic nitrogens is 2. The standard InChI is InChI=1S/C15H19N5O2/c1-2-22-11-7-9(8-3-4-8)5-6-10(11)13-18-14(20-17)12(16)15(21)19-13/h5-8H,2-4,16-17H2,1H3,(H2,18,19,20,21). The third-order valence-corrected chi connectivity index (χ3v) is 3.70. The van der Waals surface area contributed by atoms with Gasteiger partial charge < -0.3 is 20.9 Å². The average molecular weight is 301 g/mol. The van der Waals surface area contributed by atoms with Crippen LogP contribution in [0.15, 0.2) is 23.0 Å². The zero-order valence-electron chi connectivity index (χ0n) is 12.3. The van der Waals surface area contributed by atoms with Crippen molar-refractivity contribution in [3.63, 3.8) is 0 Å². The van der Waals surface area contributed by atoms with E-state index in [1.54, 1.807) is 0 Å². The van der Waals surface area contributed by atoms with E-state index in [4.69, 9.17) is 16.3 Å². The summed E-state index contributed by atoms with van der Waals surface area (Å²) < 4.78 is 5.71. The Morgan fingerprint density at radius 1 is 1.45 bits per heavy atom. The van der Waals surface area contributed by atoms with Gasteiger partial charge in [-0.2, -0.15) is 0 Å². The number of hydrogen-bond donors (Lipinski definition) is 4. The van der Waals surface area contributed by atoms with Gasteiger partial charge in [0.1, 0.15) is 17.3 Å². The number of nitrogens with one attached hydrogen (secondary N) is 2. The fraction of sp³-hybridized carbons (Fsp3) is 0.333. The van der Waals surface area contributed by atoms with Crippen LogP contribution in [0.1, 0.15) is 31.2 Å². The summed E-state index contributed by atoms with van der Waals surface area (Å²) in [5.41, 5.74) is 9.45. The Balaban J connectivity index is 2.10. The number of anilines is 2. The minimum atomic E-state index is -0.438. The number of ether oxygens (including phenoxy) is 1. The Hall–Kier alpha value is -2.54. The van der Waals surface area contributed by atoms with E-state index in [0.29, 0.717) is 29.7 Å². The summed E-state index contributed by atoms with van der Waals surface area (Å²) in [7, 11) is 0. The summed E-state index contributed by atoms with van der Waals surface area (Å²) >= 11 is 0. The van der Waals surface area contributed by atoms with Crippen LogP contribution >= 0.6 is 0 Å². The molecular formula is C15H19N5O2. The summed E-state index contributed by atoms with van der Waals surface area (Å²) in [6.07, 6.45) is 2.42. The molecule has 0 spiro atoms. The fourth-order valence-electron chi connectivity index (χ4n) is 2.40. The van der Waals surface area contributed by atoms with Gasteiger partial charge in [0, 0.05) is 0 Å². The highest BCUT2D eigenvalue weighted by atomic mass is 16.5. The number of H-pyrrole nitrogens is 1. The van der Waals surface area contributed by atoms with Crippen molar-refractivity contribution in [1.82, 2.24) is 9.97 Å². The SMILES string of the molecule is CCOc1cc(C2CC2)ccc1-c1nc(NN)c(N)c(=O)[nH]1. The van der Waals surface area contributed by atoms with Crippen LogP contribution in [0.4, 0.5) is 11.5 Å². The second-order valence-corrected chi connectivity index (χ2v) is 5.28. The molecule has 0 atom stereocenters. The van der Waals surface area contributed by atoms with Gasteiger partial charge in [-0.05, 0) is 43.4 Å². The highest BCUT2D eigenvalue weighted by molar-refractivity contribution is 5.69. The Morgan fingerprint density at radius 3 is 2.86 bits per heavy atom. The van der Waals surface area contributed by atoms with E-state index in [1.807, 2.05) is 25.1 Å². The first-order valence-electron chi connectivity index (χ1n) is 7.27. The number of benzene rings is 1. The molecule has 1 heterocycles. The third-order valence-electron chi connectivity index (χ3n) is 3.70. The molecule has 0 unspecified atom stereocenters. The maximum atomic E-state index is 11.9. The third kappa shape index (κ3) is 2.62. The van der Waals surface area contributed by atoms with E-state index in [2.05, 4.69) is 15.4 Å². The average Bonchev–Trinajstić information content (AvgIpc) is 3.35. The van der Waals surface area contributed by atoms with Crippen molar-refractivity contribution in [1.29, 1.82) is 0 Å². The van der Waals surface area contributed by atoms with Gasteiger partial charge in [-0.15, -0.1) is 0 Å². The summed E-state index contributed by atoms with van der Waals surface area (Å²) in [4.78, 5) is 18.8. The zero-order valence-corrected chi connectivity index (χ0v) is 12.3. The largest absolute Gasteiger partial charge is 0.493 e. The molecular weight excluding hydrogens is 282 g/mol. The molecule has 7 heteroatoms. The van der Waals surface area contributed by atoms with Crippen LogP contribution < -0.4 is 27.3 Å². The van der Waals surface area contributed by atoms with Crippen molar-refractivity contribution in [2.45, 2.75) is 25.7 Å². The first-order valence-corrected chi connectivity index (χ1v) is 7.27. The first-order chi connectivity index (χ1) is 10.6. The molecule has 0 radical (unpaired) electrons. The van der Waals surface area contributed by atoms with E-state index in [0.717, 1.165) is 0 Å². The molecule has 1 aliphatic carbocycles. The molecule has 1 aromatic heterocycles. The zero-order chi connectivity index (χ0) is 15.7. The molecule has 1 aliphatic rings. The molecule has 116 valence electrons. The molecule has 3 rings (SSSR count). The van der Waals surface area contributed by atoms with Gasteiger partial charge in [0.2, 0.25) is 0 Å². The van der Waals surface area contributed by atoms with Crippen LogP contribution in [0.3, 0.4) is 0 Å². The Bertz CT molecular complexity index is 752. The number of nitrogen functional groups attached to an aromatic ring is 2. The molecule has 0 amide bonds. The van der Waals surface area contributed by atoms with Crippen LogP contribution in [0.5, 0.6) is 5.75 Å². The smallest absolute Gasteiger partial charge is 0.276 e. The lowest BCUT2D eigenvalue weighted by atomic mass is 10.1. The molecule has 0 bridgehead atoms. The van der Waals surface area contributed by atoms with Crippen molar-refractivity contribution in [2.24, 2.45) is 5.84 Å². The Morgan fingerprint density at radius 2 is 2.23 bits per heavy atom. The van der Waals surface area contributed by atoms with Gasteiger partial charge in [-0.3, -0.25) is 4.79 Å². The number of rotatable bonds is 5. The van der Waals surface area contributed by atoms with Gasteiger partial charge in [0.05, 0.1) is 12.2 Å². The van der Waals surface area contributed by atoms with Gasteiger partial charge in [0.15, 0.2) is 5.82 Å². The minimum absolute atomic E-state index is 0.0428. The number of aromatic amines is 1. The molecule has 1 fully saturated rings. The van der Waals surface area contributed by atoms with E-state index in [-0.39, 0.29) is 11.5 Å². The normalized spacial score (nSPS) is 13.9. The van der Waals surface area contributed by atoms with Crippen molar-refractivity contribution < 1.29 is 4.74 Å². The maximum Gasteiger partial charge on any atom is 0.276 e. The lowest BCUT2D eigenvalue weighted by Gasteiger charge is -2.13. The van der Waals surface area contributed by atoms with Crippen LogP contribution in [-0.2, 0) is 0 Å². The fourth-order valence-corrected chi connectivity index (χ4v) is 2.40. The second-order valence-electron chi connectivity index (χ2n) is 5.28. The van der Waals surface area contributed by atoms with Gasteiger partial charge >= 0.3 is 0 Å². The first kappa shape index (κ1) is 14.4. The molecule has 1 saturated carbocycles. The van der Waals surface area contributed by atoms with Crippen LogP contribution in [0.25, 0.3) is 11.4 Å². The number of nitrogens with two attached hydrogens (primary N) is 2. The predicted molar refractivity (Wildman–Crippen MR) is 85.7 cm³/mol.